The lowest BCUT2D eigenvalue weighted by Gasteiger charge is -2.39. The summed E-state index contributed by atoms with van der Waals surface area (Å²) in [6.07, 6.45) is 3.94. The number of rotatable bonds is 2. The van der Waals surface area contributed by atoms with E-state index < -0.39 is 18.3 Å². The summed E-state index contributed by atoms with van der Waals surface area (Å²) in [4.78, 5) is 2.10. The Morgan fingerprint density at radius 2 is 1.44 bits per heavy atom. The van der Waals surface area contributed by atoms with Gasteiger partial charge in [0.15, 0.2) is 0 Å². The molecule has 1 saturated carbocycles. The van der Waals surface area contributed by atoms with Crippen molar-refractivity contribution in [1.82, 2.24) is 4.90 Å². The molecule has 0 aromatic carbocycles. The molecular weight excluding hydrogens is 206 g/mol. The van der Waals surface area contributed by atoms with Gasteiger partial charge in [-0.1, -0.05) is 19.3 Å². The van der Waals surface area contributed by atoms with E-state index >= 15 is 0 Å². The average Bonchev–Trinajstić information content (AvgIpc) is 2.27. The van der Waals surface area contributed by atoms with Crippen molar-refractivity contribution in [3.63, 3.8) is 0 Å². The molecule has 1 saturated heterocycles. The standard InChI is InChI=1S/C12H23NO3/c14-10-7-13(8-11(15)12(10)16)6-9-4-2-1-3-5-9/h9-12,14-16H,1-8H2/t10-,11+,12+. The van der Waals surface area contributed by atoms with Crippen LogP contribution in [0.1, 0.15) is 32.1 Å². The van der Waals surface area contributed by atoms with Crippen molar-refractivity contribution in [2.75, 3.05) is 19.6 Å². The zero-order valence-corrected chi connectivity index (χ0v) is 9.76. The molecular formula is C12H23NO3. The second-order valence-electron chi connectivity index (χ2n) is 5.35. The van der Waals surface area contributed by atoms with Crippen molar-refractivity contribution in [3.05, 3.63) is 0 Å². The molecule has 1 aliphatic carbocycles. The van der Waals surface area contributed by atoms with Crippen LogP contribution in [-0.2, 0) is 0 Å². The SMILES string of the molecule is O[C@H]1[C@H](O)CN(CC2CCCCC2)C[C@@H]1O. The molecule has 3 atom stereocenters. The summed E-state index contributed by atoms with van der Waals surface area (Å²) in [5.74, 6) is 0.711. The Kier molecular flexibility index (Phi) is 4.19. The highest BCUT2D eigenvalue weighted by atomic mass is 16.4. The van der Waals surface area contributed by atoms with E-state index in [2.05, 4.69) is 4.90 Å². The predicted octanol–water partition coefficient (Wildman–Crippen LogP) is -0.0350. The van der Waals surface area contributed by atoms with Crippen LogP contribution in [0.25, 0.3) is 0 Å². The summed E-state index contributed by atoms with van der Waals surface area (Å²) in [7, 11) is 0. The fraction of sp³-hybridized carbons (Fsp3) is 1.00. The maximum Gasteiger partial charge on any atom is 0.108 e. The van der Waals surface area contributed by atoms with E-state index in [4.69, 9.17) is 0 Å². The Balaban J connectivity index is 1.81. The highest BCUT2D eigenvalue weighted by Crippen LogP contribution is 2.25. The van der Waals surface area contributed by atoms with E-state index in [0.717, 1.165) is 6.54 Å². The van der Waals surface area contributed by atoms with Gasteiger partial charge in [-0.2, -0.15) is 0 Å². The predicted molar refractivity (Wildman–Crippen MR) is 61.0 cm³/mol. The van der Waals surface area contributed by atoms with Crippen LogP contribution < -0.4 is 0 Å². The molecule has 16 heavy (non-hydrogen) atoms. The van der Waals surface area contributed by atoms with Crippen molar-refractivity contribution < 1.29 is 15.3 Å². The summed E-state index contributed by atoms with van der Waals surface area (Å²) >= 11 is 0. The zero-order chi connectivity index (χ0) is 11.5. The Hall–Kier alpha value is -0.160. The molecule has 0 spiro atoms. The number of hydrogen-bond acceptors (Lipinski definition) is 4. The first kappa shape index (κ1) is 12.3. The molecule has 4 nitrogen and oxygen atoms in total. The lowest BCUT2D eigenvalue weighted by atomic mass is 9.88. The second kappa shape index (κ2) is 5.45. The molecule has 0 aromatic rings. The summed E-state index contributed by atoms with van der Waals surface area (Å²) in [6.45, 7) is 1.95. The minimum Gasteiger partial charge on any atom is -0.389 e. The van der Waals surface area contributed by atoms with E-state index in [0.29, 0.717) is 19.0 Å². The third-order valence-corrected chi connectivity index (χ3v) is 3.92. The molecule has 1 aliphatic heterocycles. The van der Waals surface area contributed by atoms with Crippen LogP contribution in [0.2, 0.25) is 0 Å². The number of piperidine rings is 1. The molecule has 4 heteroatoms. The summed E-state index contributed by atoms with van der Waals surface area (Å²) in [5, 5.41) is 28.6. The van der Waals surface area contributed by atoms with Crippen molar-refractivity contribution in [3.8, 4) is 0 Å². The highest BCUT2D eigenvalue weighted by molar-refractivity contribution is 4.87. The highest BCUT2D eigenvalue weighted by Gasteiger charge is 2.34. The fourth-order valence-electron chi connectivity index (χ4n) is 2.96. The monoisotopic (exact) mass is 229 g/mol. The number of nitrogens with zero attached hydrogens (tertiary/aromatic N) is 1. The molecule has 0 bridgehead atoms. The first-order chi connectivity index (χ1) is 7.66. The van der Waals surface area contributed by atoms with Gasteiger partial charge in [-0.25, -0.2) is 0 Å². The third-order valence-electron chi connectivity index (χ3n) is 3.92. The molecule has 94 valence electrons. The Bertz CT molecular complexity index is 206. The average molecular weight is 229 g/mol. The van der Waals surface area contributed by atoms with Crippen LogP contribution in [-0.4, -0.2) is 58.2 Å². The molecule has 2 aliphatic rings. The number of likely N-dealkylation sites (tertiary alicyclic amines) is 1. The lowest BCUT2D eigenvalue weighted by Crippen LogP contribution is -2.56. The van der Waals surface area contributed by atoms with Gasteiger partial charge in [0, 0.05) is 19.6 Å². The van der Waals surface area contributed by atoms with Crippen LogP contribution in [0.4, 0.5) is 0 Å². The van der Waals surface area contributed by atoms with Crippen molar-refractivity contribution in [2.24, 2.45) is 5.92 Å². The second-order valence-corrected chi connectivity index (χ2v) is 5.35. The molecule has 1 heterocycles. The molecule has 0 amide bonds. The normalized spacial score (nSPS) is 38.8. The summed E-state index contributed by atoms with van der Waals surface area (Å²) in [6, 6.07) is 0. The van der Waals surface area contributed by atoms with Crippen LogP contribution in [0, 0.1) is 5.92 Å². The molecule has 0 aromatic heterocycles. The van der Waals surface area contributed by atoms with E-state index in [-0.39, 0.29) is 0 Å². The molecule has 2 fully saturated rings. The summed E-state index contributed by atoms with van der Waals surface area (Å²) < 4.78 is 0. The molecule has 3 N–H and O–H groups in total. The van der Waals surface area contributed by atoms with Crippen LogP contribution >= 0.6 is 0 Å². The quantitative estimate of drug-likeness (QED) is 0.622. The summed E-state index contributed by atoms with van der Waals surface area (Å²) in [5.41, 5.74) is 0. The number of aliphatic hydroxyl groups is 3. The van der Waals surface area contributed by atoms with Gasteiger partial charge < -0.3 is 15.3 Å². The van der Waals surface area contributed by atoms with Crippen molar-refractivity contribution in [2.45, 2.75) is 50.4 Å². The number of β-amino-alcohol motifs (C(OH)–C–C–N with tert-alkyl or cyclic N) is 2. The third kappa shape index (κ3) is 2.94. The maximum absolute atomic E-state index is 9.60. The van der Waals surface area contributed by atoms with Crippen molar-refractivity contribution in [1.29, 1.82) is 0 Å². The number of aliphatic hydroxyl groups excluding tert-OH is 3. The maximum atomic E-state index is 9.60. The van der Waals surface area contributed by atoms with Gasteiger partial charge in [-0.15, -0.1) is 0 Å². The van der Waals surface area contributed by atoms with E-state index in [1.165, 1.54) is 32.1 Å². The van der Waals surface area contributed by atoms with E-state index in [1.807, 2.05) is 0 Å². The Morgan fingerprint density at radius 1 is 0.875 bits per heavy atom. The number of hydrogen-bond donors (Lipinski definition) is 3. The first-order valence-corrected chi connectivity index (χ1v) is 6.43. The lowest BCUT2D eigenvalue weighted by molar-refractivity contribution is -0.112. The van der Waals surface area contributed by atoms with Gasteiger partial charge in [0.05, 0.1) is 12.2 Å². The molecule has 2 rings (SSSR count). The fourth-order valence-corrected chi connectivity index (χ4v) is 2.96. The van der Waals surface area contributed by atoms with E-state index in [1.54, 1.807) is 0 Å². The first-order valence-electron chi connectivity index (χ1n) is 6.43. The van der Waals surface area contributed by atoms with Gasteiger partial charge in [-0.05, 0) is 18.8 Å². The Labute approximate surface area is 96.9 Å². The Morgan fingerprint density at radius 3 is 2.00 bits per heavy atom. The zero-order valence-electron chi connectivity index (χ0n) is 9.76. The van der Waals surface area contributed by atoms with Gasteiger partial charge in [0.2, 0.25) is 0 Å². The van der Waals surface area contributed by atoms with Gasteiger partial charge in [0.1, 0.15) is 6.10 Å². The van der Waals surface area contributed by atoms with Crippen molar-refractivity contribution >= 4 is 0 Å². The molecule has 0 radical (unpaired) electrons. The van der Waals surface area contributed by atoms with Gasteiger partial charge >= 0.3 is 0 Å². The van der Waals surface area contributed by atoms with Crippen LogP contribution in [0.15, 0.2) is 0 Å². The van der Waals surface area contributed by atoms with Gasteiger partial charge in [0.25, 0.3) is 0 Å². The topological polar surface area (TPSA) is 63.9 Å². The van der Waals surface area contributed by atoms with E-state index in [9.17, 15) is 15.3 Å². The largest absolute Gasteiger partial charge is 0.389 e. The van der Waals surface area contributed by atoms with Crippen LogP contribution in [0.5, 0.6) is 0 Å². The minimum absolute atomic E-state index is 0.495. The van der Waals surface area contributed by atoms with Gasteiger partial charge in [-0.3, -0.25) is 4.90 Å². The smallest absolute Gasteiger partial charge is 0.108 e. The van der Waals surface area contributed by atoms with Crippen LogP contribution in [0.3, 0.4) is 0 Å². The minimum atomic E-state index is -0.970. The molecule has 0 unspecified atom stereocenters.